The van der Waals surface area contributed by atoms with Crippen molar-refractivity contribution < 1.29 is 13.2 Å². The summed E-state index contributed by atoms with van der Waals surface area (Å²) in [5, 5.41) is 6.02. The molecule has 0 fully saturated rings. The molecule has 7 heteroatoms. The number of nitrogens with one attached hydrogen (secondary N) is 2. The zero-order valence-electron chi connectivity index (χ0n) is 16.6. The van der Waals surface area contributed by atoms with Gasteiger partial charge in [0, 0.05) is 25.5 Å². The summed E-state index contributed by atoms with van der Waals surface area (Å²) in [7, 11) is -0.584. The molecule has 2 aromatic rings. The van der Waals surface area contributed by atoms with Gasteiger partial charge in [-0.05, 0) is 67.5 Å². The van der Waals surface area contributed by atoms with E-state index in [4.69, 9.17) is 0 Å². The zero-order chi connectivity index (χ0) is 20.3. The number of fused-ring (bicyclic) bond motifs is 1. The van der Waals surface area contributed by atoms with Gasteiger partial charge >= 0.3 is 0 Å². The second-order valence-electron chi connectivity index (χ2n) is 7.32. The molecular formula is C21H27N3O3S. The van der Waals surface area contributed by atoms with Crippen molar-refractivity contribution in [2.45, 2.75) is 37.5 Å². The van der Waals surface area contributed by atoms with E-state index in [2.05, 4.69) is 16.7 Å². The normalized spacial score (nSPS) is 13.9. The van der Waals surface area contributed by atoms with Crippen LogP contribution < -0.4 is 10.6 Å². The average molecular weight is 402 g/mol. The first kappa shape index (κ1) is 20.4. The summed E-state index contributed by atoms with van der Waals surface area (Å²) in [6.45, 7) is 1.86. The Morgan fingerprint density at radius 3 is 2.61 bits per heavy atom. The molecule has 0 saturated carbocycles. The van der Waals surface area contributed by atoms with Crippen LogP contribution in [0.1, 0.15) is 29.5 Å². The van der Waals surface area contributed by atoms with E-state index in [-0.39, 0.29) is 17.3 Å². The molecule has 0 saturated heterocycles. The van der Waals surface area contributed by atoms with Gasteiger partial charge in [-0.2, -0.15) is 0 Å². The Labute approximate surface area is 167 Å². The summed E-state index contributed by atoms with van der Waals surface area (Å²) in [5.74, 6) is -0.217. The van der Waals surface area contributed by atoms with E-state index in [1.807, 2.05) is 12.1 Å². The van der Waals surface area contributed by atoms with Crippen molar-refractivity contribution in [2.24, 2.45) is 0 Å². The van der Waals surface area contributed by atoms with E-state index in [9.17, 15) is 13.2 Å². The number of nitrogens with zero attached hydrogens (tertiary/aromatic N) is 1. The summed E-state index contributed by atoms with van der Waals surface area (Å²) in [4.78, 5) is 12.6. The molecule has 150 valence electrons. The van der Waals surface area contributed by atoms with Crippen molar-refractivity contribution in [2.75, 3.05) is 31.3 Å². The maximum atomic E-state index is 12.4. The molecule has 1 aliphatic carbocycles. The van der Waals surface area contributed by atoms with Crippen LogP contribution in [-0.2, 0) is 27.7 Å². The number of anilines is 2. The molecule has 0 unspecified atom stereocenters. The number of hydrogen-bond acceptors (Lipinski definition) is 4. The number of carbonyl (C=O) groups is 1. The average Bonchev–Trinajstić information content (AvgIpc) is 2.67. The van der Waals surface area contributed by atoms with Crippen LogP contribution in [0.2, 0.25) is 0 Å². The summed E-state index contributed by atoms with van der Waals surface area (Å²) in [5.41, 5.74) is 4.77. The summed E-state index contributed by atoms with van der Waals surface area (Å²) >= 11 is 0. The summed E-state index contributed by atoms with van der Waals surface area (Å²) in [6, 6.07) is 11.1. The second-order valence-corrected chi connectivity index (χ2v) is 9.44. The van der Waals surface area contributed by atoms with Crippen LogP contribution in [-0.4, -0.2) is 39.3 Å². The van der Waals surface area contributed by atoms with Gasteiger partial charge in [0.15, 0.2) is 0 Å². The van der Waals surface area contributed by atoms with Gasteiger partial charge in [0.25, 0.3) is 0 Å². The molecule has 3 rings (SSSR count). The first-order valence-electron chi connectivity index (χ1n) is 9.46. The summed E-state index contributed by atoms with van der Waals surface area (Å²) in [6.07, 6.45) is 4.50. The van der Waals surface area contributed by atoms with Crippen LogP contribution >= 0.6 is 0 Å². The molecule has 2 N–H and O–H groups in total. The molecule has 0 aromatic heterocycles. The number of rotatable bonds is 6. The van der Waals surface area contributed by atoms with Gasteiger partial charge in [-0.1, -0.05) is 18.2 Å². The van der Waals surface area contributed by atoms with Crippen LogP contribution in [0.5, 0.6) is 0 Å². The number of aryl methyl sites for hydroxylation is 2. The molecule has 0 aliphatic heterocycles. The third-order valence-electron chi connectivity index (χ3n) is 5.07. The highest BCUT2D eigenvalue weighted by atomic mass is 32.2. The van der Waals surface area contributed by atoms with E-state index < -0.39 is 10.0 Å². The second kappa shape index (κ2) is 8.32. The molecule has 6 nitrogen and oxygen atoms in total. The lowest BCUT2D eigenvalue weighted by molar-refractivity contribution is -0.114. The maximum absolute atomic E-state index is 12.4. The van der Waals surface area contributed by atoms with Crippen molar-refractivity contribution >= 4 is 27.3 Å². The number of carbonyl (C=O) groups excluding carboxylic acids is 1. The van der Waals surface area contributed by atoms with Gasteiger partial charge in [-0.3, -0.25) is 4.79 Å². The maximum Gasteiger partial charge on any atom is 0.243 e. The highest BCUT2D eigenvalue weighted by Crippen LogP contribution is 2.28. The molecular weight excluding hydrogens is 374 g/mol. The Morgan fingerprint density at radius 2 is 1.86 bits per heavy atom. The molecule has 0 heterocycles. The minimum atomic E-state index is -3.57. The molecule has 2 aromatic carbocycles. The van der Waals surface area contributed by atoms with E-state index >= 15 is 0 Å². The molecule has 1 aliphatic rings. The van der Waals surface area contributed by atoms with Crippen molar-refractivity contribution in [1.82, 2.24) is 4.31 Å². The Kier molecular flexibility index (Phi) is 6.05. The largest absolute Gasteiger partial charge is 0.376 e. The highest BCUT2D eigenvalue weighted by molar-refractivity contribution is 7.89. The molecule has 28 heavy (non-hydrogen) atoms. The fourth-order valence-corrected chi connectivity index (χ4v) is 4.62. The van der Waals surface area contributed by atoms with Gasteiger partial charge in [0.05, 0.1) is 11.4 Å². The third kappa shape index (κ3) is 4.36. The lowest BCUT2D eigenvalue weighted by Gasteiger charge is -2.20. The number of hydrogen-bond donors (Lipinski definition) is 2. The molecule has 0 spiro atoms. The van der Waals surface area contributed by atoms with Crippen LogP contribution in [0.4, 0.5) is 11.4 Å². The Hall–Kier alpha value is -2.38. The topological polar surface area (TPSA) is 78.5 Å². The molecule has 0 atom stereocenters. The van der Waals surface area contributed by atoms with E-state index in [1.165, 1.54) is 48.4 Å². The third-order valence-corrected chi connectivity index (χ3v) is 7.02. The van der Waals surface area contributed by atoms with E-state index in [1.54, 1.807) is 19.1 Å². The zero-order valence-corrected chi connectivity index (χ0v) is 17.4. The number of amides is 1. The SMILES string of the molecule is Cc1ccc(NC(=O)CNc2cccc3c2CCCC3)cc1S(=O)(=O)N(C)C. The highest BCUT2D eigenvalue weighted by Gasteiger charge is 2.20. The van der Waals surface area contributed by atoms with Gasteiger partial charge in [-0.25, -0.2) is 12.7 Å². The van der Waals surface area contributed by atoms with Gasteiger partial charge in [0.1, 0.15) is 0 Å². The standard InChI is InChI=1S/C21H27N3O3S/c1-15-11-12-17(13-20(15)28(26,27)24(2)3)23-21(25)14-22-19-10-6-8-16-7-4-5-9-18(16)19/h6,8,10-13,22H,4-5,7,9,14H2,1-3H3,(H,23,25). The predicted molar refractivity (Wildman–Crippen MR) is 112 cm³/mol. The Morgan fingerprint density at radius 1 is 1.11 bits per heavy atom. The van der Waals surface area contributed by atoms with E-state index in [0.717, 1.165) is 18.5 Å². The van der Waals surface area contributed by atoms with Gasteiger partial charge < -0.3 is 10.6 Å². The quantitative estimate of drug-likeness (QED) is 0.779. The molecule has 0 radical (unpaired) electrons. The van der Waals surface area contributed by atoms with E-state index in [0.29, 0.717) is 11.3 Å². The number of benzene rings is 2. The number of sulfonamides is 1. The Balaban J connectivity index is 1.69. The molecule has 0 bridgehead atoms. The van der Waals surface area contributed by atoms with Gasteiger partial charge in [-0.15, -0.1) is 0 Å². The first-order chi connectivity index (χ1) is 13.3. The van der Waals surface area contributed by atoms with Crippen LogP contribution in [0.3, 0.4) is 0 Å². The van der Waals surface area contributed by atoms with Crippen LogP contribution in [0, 0.1) is 6.92 Å². The van der Waals surface area contributed by atoms with Crippen molar-refractivity contribution in [3.63, 3.8) is 0 Å². The van der Waals surface area contributed by atoms with Crippen LogP contribution in [0.25, 0.3) is 0 Å². The Bertz CT molecular complexity index is 984. The van der Waals surface area contributed by atoms with Crippen LogP contribution in [0.15, 0.2) is 41.3 Å². The fraction of sp³-hybridized carbons (Fsp3) is 0.381. The minimum Gasteiger partial charge on any atom is -0.376 e. The monoisotopic (exact) mass is 401 g/mol. The van der Waals surface area contributed by atoms with Gasteiger partial charge in [0.2, 0.25) is 15.9 Å². The lowest BCUT2D eigenvalue weighted by atomic mass is 9.90. The van der Waals surface area contributed by atoms with Crippen molar-refractivity contribution in [1.29, 1.82) is 0 Å². The fourth-order valence-electron chi connectivity index (χ4n) is 3.48. The van der Waals surface area contributed by atoms with Crippen molar-refractivity contribution in [3.8, 4) is 0 Å². The van der Waals surface area contributed by atoms with Crippen molar-refractivity contribution in [3.05, 3.63) is 53.1 Å². The minimum absolute atomic E-state index is 0.125. The lowest BCUT2D eigenvalue weighted by Crippen LogP contribution is -2.24. The smallest absolute Gasteiger partial charge is 0.243 e. The summed E-state index contributed by atoms with van der Waals surface area (Å²) < 4.78 is 26.0. The predicted octanol–water partition coefficient (Wildman–Crippen LogP) is 3.17. The first-order valence-corrected chi connectivity index (χ1v) is 10.9. The molecule has 1 amide bonds.